The largest absolute Gasteiger partial charge is 0.314 e. The second kappa shape index (κ2) is 5.68. The van der Waals surface area contributed by atoms with Gasteiger partial charge in [0.15, 0.2) is 0 Å². The van der Waals surface area contributed by atoms with Gasteiger partial charge < -0.3 is 5.32 Å². The number of nitrogens with zero attached hydrogens (tertiary/aromatic N) is 2. The smallest absolute Gasteiger partial charge is 0.281 e. The van der Waals surface area contributed by atoms with Crippen molar-refractivity contribution in [2.24, 2.45) is 5.41 Å². The maximum atomic E-state index is 12.4. The normalized spacial score (nSPS) is 24.2. The SMILES string of the molecule is CN(CCCNC1CC1)S(=O)(=O)N1CCC(C)(C)C1. The fourth-order valence-electron chi connectivity index (χ4n) is 2.47. The van der Waals surface area contributed by atoms with Gasteiger partial charge >= 0.3 is 0 Å². The van der Waals surface area contributed by atoms with Crippen LogP contribution in [0.1, 0.15) is 39.5 Å². The Bertz CT molecular complexity index is 404. The molecule has 0 aromatic carbocycles. The highest BCUT2D eigenvalue weighted by Gasteiger charge is 2.37. The van der Waals surface area contributed by atoms with Crippen LogP contribution in [0.2, 0.25) is 0 Å². The van der Waals surface area contributed by atoms with Crippen LogP contribution in [0.3, 0.4) is 0 Å². The highest BCUT2D eigenvalue weighted by molar-refractivity contribution is 7.86. The minimum absolute atomic E-state index is 0.113. The molecule has 0 aromatic rings. The third-order valence-corrected chi connectivity index (χ3v) is 5.96. The number of hydrogen-bond donors (Lipinski definition) is 1. The van der Waals surface area contributed by atoms with Gasteiger partial charge in [-0.3, -0.25) is 0 Å². The van der Waals surface area contributed by atoms with E-state index in [4.69, 9.17) is 0 Å². The number of nitrogens with one attached hydrogen (secondary N) is 1. The molecule has 1 N–H and O–H groups in total. The molecule has 0 spiro atoms. The average molecular weight is 289 g/mol. The molecular weight excluding hydrogens is 262 g/mol. The molecule has 0 aromatic heterocycles. The van der Waals surface area contributed by atoms with E-state index in [1.165, 1.54) is 17.1 Å². The Kier molecular flexibility index (Phi) is 4.55. The lowest BCUT2D eigenvalue weighted by Gasteiger charge is -2.25. The lowest BCUT2D eigenvalue weighted by Crippen LogP contribution is -2.42. The Morgan fingerprint density at radius 1 is 1.37 bits per heavy atom. The van der Waals surface area contributed by atoms with Crippen molar-refractivity contribution in [1.82, 2.24) is 13.9 Å². The molecule has 1 aliphatic carbocycles. The second-order valence-electron chi connectivity index (χ2n) is 6.66. The van der Waals surface area contributed by atoms with E-state index in [1.807, 2.05) is 0 Å². The van der Waals surface area contributed by atoms with E-state index in [0.717, 1.165) is 19.4 Å². The van der Waals surface area contributed by atoms with Crippen molar-refractivity contribution in [2.45, 2.75) is 45.6 Å². The van der Waals surface area contributed by atoms with Crippen LogP contribution >= 0.6 is 0 Å². The zero-order chi connectivity index (χ0) is 14.1. The molecule has 0 bridgehead atoms. The Balaban J connectivity index is 1.77. The molecule has 1 saturated carbocycles. The lowest BCUT2D eigenvalue weighted by molar-refractivity contribution is 0.349. The predicted octanol–water partition coefficient (Wildman–Crippen LogP) is 1.04. The van der Waals surface area contributed by atoms with Gasteiger partial charge in [0.05, 0.1) is 0 Å². The summed E-state index contributed by atoms with van der Waals surface area (Å²) in [5.41, 5.74) is 0.113. The van der Waals surface area contributed by atoms with Gasteiger partial charge in [0, 0.05) is 32.7 Å². The quantitative estimate of drug-likeness (QED) is 0.713. The van der Waals surface area contributed by atoms with E-state index in [9.17, 15) is 8.42 Å². The zero-order valence-corrected chi connectivity index (χ0v) is 13.2. The minimum Gasteiger partial charge on any atom is -0.314 e. The number of hydrogen-bond acceptors (Lipinski definition) is 3. The van der Waals surface area contributed by atoms with Crippen LogP contribution in [0, 0.1) is 5.41 Å². The third-order valence-electron chi connectivity index (χ3n) is 4.02. The maximum absolute atomic E-state index is 12.4. The first-order valence-electron chi connectivity index (χ1n) is 7.26. The predicted molar refractivity (Wildman–Crippen MR) is 77.2 cm³/mol. The van der Waals surface area contributed by atoms with Gasteiger partial charge in [0.25, 0.3) is 10.2 Å². The van der Waals surface area contributed by atoms with E-state index >= 15 is 0 Å². The van der Waals surface area contributed by atoms with Crippen LogP contribution in [0.5, 0.6) is 0 Å². The molecule has 2 rings (SSSR count). The molecule has 0 amide bonds. The molecule has 2 aliphatic rings. The molecule has 0 atom stereocenters. The highest BCUT2D eigenvalue weighted by Crippen LogP contribution is 2.31. The fraction of sp³-hybridized carbons (Fsp3) is 1.00. The van der Waals surface area contributed by atoms with E-state index < -0.39 is 10.2 Å². The first kappa shape index (κ1) is 15.2. The summed E-state index contributed by atoms with van der Waals surface area (Å²) in [6, 6.07) is 0.696. The summed E-state index contributed by atoms with van der Waals surface area (Å²) >= 11 is 0. The maximum Gasteiger partial charge on any atom is 0.281 e. The Labute approximate surface area is 117 Å². The molecule has 1 aliphatic heterocycles. The summed E-state index contributed by atoms with van der Waals surface area (Å²) in [6.45, 7) is 7.05. The van der Waals surface area contributed by atoms with Crippen molar-refractivity contribution in [3.63, 3.8) is 0 Å². The summed E-state index contributed by atoms with van der Waals surface area (Å²) in [4.78, 5) is 0. The standard InChI is InChI=1S/C13H27N3O2S/c1-13(2)7-10-16(11-13)19(17,18)15(3)9-4-8-14-12-5-6-12/h12,14H,4-11H2,1-3H3. The summed E-state index contributed by atoms with van der Waals surface area (Å²) in [7, 11) is -1.56. The zero-order valence-electron chi connectivity index (χ0n) is 12.4. The Hall–Kier alpha value is -0.170. The van der Waals surface area contributed by atoms with Crippen LogP contribution < -0.4 is 5.32 Å². The van der Waals surface area contributed by atoms with Crippen molar-refractivity contribution in [3.05, 3.63) is 0 Å². The molecule has 19 heavy (non-hydrogen) atoms. The number of rotatable bonds is 7. The molecule has 5 nitrogen and oxygen atoms in total. The highest BCUT2D eigenvalue weighted by atomic mass is 32.2. The summed E-state index contributed by atoms with van der Waals surface area (Å²) in [6.07, 6.45) is 4.38. The summed E-state index contributed by atoms with van der Waals surface area (Å²) in [5, 5.41) is 3.41. The van der Waals surface area contributed by atoms with Gasteiger partial charge in [-0.2, -0.15) is 17.0 Å². The minimum atomic E-state index is -3.26. The molecule has 2 fully saturated rings. The van der Waals surface area contributed by atoms with Crippen molar-refractivity contribution >= 4 is 10.2 Å². The molecule has 1 saturated heterocycles. The summed E-state index contributed by atoms with van der Waals surface area (Å²) in [5.74, 6) is 0. The monoisotopic (exact) mass is 289 g/mol. The van der Waals surface area contributed by atoms with Crippen LogP contribution in [0.25, 0.3) is 0 Å². The van der Waals surface area contributed by atoms with Crippen LogP contribution in [0.4, 0.5) is 0 Å². The van der Waals surface area contributed by atoms with Gasteiger partial charge in [-0.25, -0.2) is 0 Å². The van der Waals surface area contributed by atoms with E-state index in [-0.39, 0.29) is 5.41 Å². The Morgan fingerprint density at radius 2 is 2.05 bits per heavy atom. The molecule has 0 unspecified atom stereocenters. The van der Waals surface area contributed by atoms with E-state index in [2.05, 4.69) is 19.2 Å². The van der Waals surface area contributed by atoms with Crippen molar-refractivity contribution < 1.29 is 8.42 Å². The average Bonchev–Trinajstić information content (AvgIpc) is 3.07. The fourth-order valence-corrected chi connectivity index (χ4v) is 4.06. The Morgan fingerprint density at radius 3 is 2.58 bits per heavy atom. The molecule has 6 heteroatoms. The molecular formula is C13H27N3O2S. The van der Waals surface area contributed by atoms with Gasteiger partial charge in [0.1, 0.15) is 0 Å². The topological polar surface area (TPSA) is 52.7 Å². The van der Waals surface area contributed by atoms with Crippen LogP contribution in [-0.4, -0.2) is 56.3 Å². The van der Waals surface area contributed by atoms with Crippen LogP contribution in [-0.2, 0) is 10.2 Å². The van der Waals surface area contributed by atoms with Crippen molar-refractivity contribution in [1.29, 1.82) is 0 Å². The van der Waals surface area contributed by atoms with Gasteiger partial charge in [0.2, 0.25) is 0 Å². The second-order valence-corrected chi connectivity index (χ2v) is 8.69. The van der Waals surface area contributed by atoms with Gasteiger partial charge in [-0.1, -0.05) is 13.8 Å². The van der Waals surface area contributed by atoms with Crippen molar-refractivity contribution in [2.75, 3.05) is 33.2 Å². The third kappa shape index (κ3) is 4.15. The first-order valence-corrected chi connectivity index (χ1v) is 8.66. The van der Waals surface area contributed by atoms with Gasteiger partial charge in [-0.15, -0.1) is 0 Å². The first-order chi connectivity index (χ1) is 8.81. The van der Waals surface area contributed by atoms with E-state index in [1.54, 1.807) is 11.4 Å². The molecule has 1 heterocycles. The molecule has 0 radical (unpaired) electrons. The van der Waals surface area contributed by atoms with Gasteiger partial charge in [-0.05, 0) is 37.6 Å². The van der Waals surface area contributed by atoms with E-state index in [0.29, 0.717) is 25.7 Å². The summed E-state index contributed by atoms with van der Waals surface area (Å²) < 4.78 is 27.9. The van der Waals surface area contributed by atoms with Crippen LogP contribution in [0.15, 0.2) is 0 Å². The lowest BCUT2D eigenvalue weighted by atomic mass is 9.93. The molecule has 112 valence electrons. The van der Waals surface area contributed by atoms with Crippen molar-refractivity contribution in [3.8, 4) is 0 Å².